The van der Waals surface area contributed by atoms with Crippen molar-refractivity contribution in [2.45, 2.75) is 25.3 Å². The summed E-state index contributed by atoms with van der Waals surface area (Å²) in [5, 5.41) is 2.64. The third-order valence-corrected chi connectivity index (χ3v) is 5.51. The fourth-order valence-corrected chi connectivity index (χ4v) is 3.87. The second-order valence-corrected chi connectivity index (χ2v) is 8.13. The Morgan fingerprint density at radius 1 is 0.943 bits per heavy atom. The summed E-state index contributed by atoms with van der Waals surface area (Å²) in [4.78, 5) is 19.6. The number of hydrogen-bond acceptors (Lipinski definition) is 7. The molecular formula is C21H18ClF6N7. The average Bonchev–Trinajstić information content (AvgIpc) is 2.78. The quantitative estimate of drug-likeness (QED) is 0.464. The van der Waals surface area contributed by atoms with Crippen LogP contribution >= 0.6 is 11.6 Å². The number of rotatable bonds is 4. The molecule has 3 heterocycles. The van der Waals surface area contributed by atoms with Crippen LogP contribution in [0.2, 0.25) is 5.28 Å². The molecule has 35 heavy (non-hydrogen) atoms. The lowest BCUT2D eigenvalue weighted by atomic mass is 10.1. The van der Waals surface area contributed by atoms with Gasteiger partial charge in [-0.2, -0.15) is 41.3 Å². The van der Waals surface area contributed by atoms with E-state index >= 15 is 0 Å². The molecule has 7 nitrogen and oxygen atoms in total. The van der Waals surface area contributed by atoms with Crippen molar-refractivity contribution in [3.63, 3.8) is 0 Å². The maximum atomic E-state index is 13.4. The number of aromatic nitrogens is 4. The number of nitrogens with zero attached hydrogens (tertiary/aromatic N) is 6. The van der Waals surface area contributed by atoms with Crippen LogP contribution in [-0.2, 0) is 12.4 Å². The molecule has 1 N–H and O–H groups in total. The number of benzene rings is 1. The molecule has 0 saturated carbocycles. The van der Waals surface area contributed by atoms with E-state index in [9.17, 15) is 26.3 Å². The summed E-state index contributed by atoms with van der Waals surface area (Å²) >= 11 is 6.04. The van der Waals surface area contributed by atoms with Gasteiger partial charge in [0.25, 0.3) is 0 Å². The molecule has 186 valence electrons. The minimum absolute atomic E-state index is 0.0125. The van der Waals surface area contributed by atoms with Crippen LogP contribution in [0, 0.1) is 0 Å². The first-order chi connectivity index (χ1) is 16.4. The summed E-state index contributed by atoms with van der Waals surface area (Å²) in [5.41, 5.74) is -1.31. The molecule has 1 atom stereocenters. The number of anilines is 4. The highest BCUT2D eigenvalue weighted by atomic mass is 35.5. The van der Waals surface area contributed by atoms with Gasteiger partial charge in [-0.3, -0.25) is 0 Å². The van der Waals surface area contributed by atoms with E-state index in [1.807, 2.05) is 0 Å². The molecule has 0 amide bonds. The van der Waals surface area contributed by atoms with Crippen molar-refractivity contribution in [3.8, 4) is 0 Å². The van der Waals surface area contributed by atoms with Crippen molar-refractivity contribution in [2.75, 3.05) is 34.8 Å². The predicted molar refractivity (Wildman–Crippen MR) is 118 cm³/mol. The molecule has 1 fully saturated rings. The summed E-state index contributed by atoms with van der Waals surface area (Å²) in [5.74, 6) is 0.0481. The summed E-state index contributed by atoms with van der Waals surface area (Å²) in [6, 6.07) is 6.21. The summed E-state index contributed by atoms with van der Waals surface area (Å²) in [6.45, 7) is 2.50. The Labute approximate surface area is 200 Å². The topological polar surface area (TPSA) is 70.1 Å². The molecule has 1 saturated heterocycles. The zero-order valence-corrected chi connectivity index (χ0v) is 18.8. The Hall–Kier alpha value is -3.35. The van der Waals surface area contributed by atoms with Crippen molar-refractivity contribution in [1.29, 1.82) is 0 Å². The summed E-state index contributed by atoms with van der Waals surface area (Å²) in [6.07, 6.45) is -7.69. The van der Waals surface area contributed by atoms with Crippen LogP contribution in [0.5, 0.6) is 0 Å². The molecule has 1 unspecified atom stereocenters. The monoisotopic (exact) mass is 517 g/mol. The Morgan fingerprint density at radius 3 is 2.29 bits per heavy atom. The highest BCUT2D eigenvalue weighted by Gasteiger charge is 2.37. The van der Waals surface area contributed by atoms with Gasteiger partial charge in [0, 0.05) is 37.6 Å². The Bertz CT molecular complexity index is 1190. The van der Waals surface area contributed by atoms with Gasteiger partial charge in [-0.1, -0.05) is 0 Å². The Balaban J connectivity index is 1.51. The smallest absolute Gasteiger partial charge is 0.352 e. The molecule has 0 bridgehead atoms. The van der Waals surface area contributed by atoms with Crippen molar-refractivity contribution in [3.05, 3.63) is 59.0 Å². The highest BCUT2D eigenvalue weighted by Crippen LogP contribution is 2.36. The van der Waals surface area contributed by atoms with Crippen LogP contribution < -0.4 is 15.1 Å². The second-order valence-electron chi connectivity index (χ2n) is 7.79. The molecule has 2 aromatic heterocycles. The molecule has 0 aliphatic carbocycles. The zero-order valence-electron chi connectivity index (χ0n) is 18.1. The van der Waals surface area contributed by atoms with Crippen molar-refractivity contribution >= 4 is 35.0 Å². The maximum Gasteiger partial charge on any atom is 0.419 e. The van der Waals surface area contributed by atoms with Crippen molar-refractivity contribution < 1.29 is 26.3 Å². The molecule has 1 aliphatic heterocycles. The van der Waals surface area contributed by atoms with Crippen LogP contribution in [0.15, 0.2) is 42.6 Å². The SMILES string of the molecule is CC1CN(c2ncccc2C(F)(F)F)CCN1c1nc(Cl)nc(Nc2ccc(C(F)(F)F)cc2)n1. The largest absolute Gasteiger partial charge is 0.419 e. The number of piperazine rings is 1. The van der Waals surface area contributed by atoms with Gasteiger partial charge in [-0.05, 0) is 54.9 Å². The van der Waals surface area contributed by atoms with E-state index in [0.717, 1.165) is 18.2 Å². The Morgan fingerprint density at radius 2 is 1.66 bits per heavy atom. The minimum Gasteiger partial charge on any atom is -0.352 e. The van der Waals surface area contributed by atoms with Crippen LogP contribution in [0.4, 0.5) is 49.7 Å². The number of halogens is 7. The van der Waals surface area contributed by atoms with E-state index in [1.165, 1.54) is 24.4 Å². The third-order valence-electron chi connectivity index (χ3n) is 5.34. The van der Waals surface area contributed by atoms with E-state index in [0.29, 0.717) is 5.69 Å². The first-order valence-corrected chi connectivity index (χ1v) is 10.7. The van der Waals surface area contributed by atoms with Crippen LogP contribution in [-0.4, -0.2) is 45.6 Å². The molecule has 3 aromatic rings. The van der Waals surface area contributed by atoms with E-state index in [4.69, 9.17) is 11.6 Å². The molecule has 0 radical (unpaired) electrons. The highest BCUT2D eigenvalue weighted by molar-refractivity contribution is 6.28. The van der Waals surface area contributed by atoms with Crippen LogP contribution in [0.3, 0.4) is 0 Å². The maximum absolute atomic E-state index is 13.4. The van der Waals surface area contributed by atoms with Gasteiger partial charge in [-0.25, -0.2) is 4.98 Å². The lowest BCUT2D eigenvalue weighted by Crippen LogP contribution is -2.53. The normalized spacial score (nSPS) is 17.0. The fourth-order valence-electron chi connectivity index (χ4n) is 3.71. The minimum atomic E-state index is -4.54. The number of hydrogen-bond donors (Lipinski definition) is 1. The lowest BCUT2D eigenvalue weighted by molar-refractivity contribution is -0.138. The number of alkyl halides is 6. The number of pyridine rings is 1. The van der Waals surface area contributed by atoms with Crippen LogP contribution in [0.25, 0.3) is 0 Å². The van der Waals surface area contributed by atoms with Gasteiger partial charge in [0.2, 0.25) is 17.2 Å². The van der Waals surface area contributed by atoms with Crippen LogP contribution in [0.1, 0.15) is 18.1 Å². The van der Waals surface area contributed by atoms with E-state index < -0.39 is 23.5 Å². The van der Waals surface area contributed by atoms with Gasteiger partial charge in [0.1, 0.15) is 5.82 Å². The van der Waals surface area contributed by atoms with Gasteiger partial charge < -0.3 is 15.1 Å². The number of nitrogens with one attached hydrogen (secondary N) is 1. The molecule has 4 rings (SSSR count). The molecule has 1 aromatic carbocycles. The Kier molecular flexibility index (Phi) is 6.62. The first kappa shape index (κ1) is 24.8. The average molecular weight is 518 g/mol. The summed E-state index contributed by atoms with van der Waals surface area (Å²) in [7, 11) is 0. The zero-order chi connectivity index (χ0) is 25.4. The standard InChI is InChI=1S/C21H18ClF6N7/c1-12-11-34(16-15(21(26,27)28)3-2-8-29-16)9-10-35(12)19-32-17(22)31-18(33-19)30-14-6-4-13(5-7-14)20(23,24)25/h2-8,12H,9-11H2,1H3,(H,30,31,32,33). The van der Waals surface area contributed by atoms with E-state index in [1.54, 1.807) is 16.7 Å². The van der Waals surface area contributed by atoms with Gasteiger partial charge in [-0.15, -0.1) is 0 Å². The molecule has 1 aliphatic rings. The van der Waals surface area contributed by atoms with Gasteiger partial charge >= 0.3 is 12.4 Å². The predicted octanol–water partition coefficient (Wildman–Crippen LogP) is 5.42. The van der Waals surface area contributed by atoms with E-state index in [-0.39, 0.29) is 48.7 Å². The summed E-state index contributed by atoms with van der Waals surface area (Å²) < 4.78 is 78.5. The lowest BCUT2D eigenvalue weighted by Gasteiger charge is -2.41. The van der Waals surface area contributed by atoms with E-state index in [2.05, 4.69) is 25.3 Å². The van der Waals surface area contributed by atoms with Crippen molar-refractivity contribution in [1.82, 2.24) is 19.9 Å². The van der Waals surface area contributed by atoms with Gasteiger partial charge in [0.15, 0.2) is 0 Å². The van der Waals surface area contributed by atoms with Crippen molar-refractivity contribution in [2.24, 2.45) is 0 Å². The molecular weight excluding hydrogens is 500 g/mol. The molecule has 0 spiro atoms. The van der Waals surface area contributed by atoms with Gasteiger partial charge in [0.05, 0.1) is 11.1 Å². The third kappa shape index (κ3) is 5.66. The first-order valence-electron chi connectivity index (χ1n) is 10.3. The fraction of sp³-hybridized carbons (Fsp3) is 0.333. The second kappa shape index (κ2) is 9.36. The molecule has 14 heteroatoms.